The van der Waals surface area contributed by atoms with Crippen LogP contribution < -0.4 is 5.32 Å². The molecule has 0 aromatic heterocycles. The average Bonchev–Trinajstić information content (AvgIpc) is 3.10. The number of rotatable bonds is 10. The van der Waals surface area contributed by atoms with E-state index in [2.05, 4.69) is 5.32 Å². The molecule has 2 saturated carbocycles. The molecule has 2 aliphatic rings. The zero-order valence-electron chi connectivity index (χ0n) is 9.84. The molecule has 15 heavy (non-hydrogen) atoms. The van der Waals surface area contributed by atoms with Crippen LogP contribution in [0.5, 0.6) is 0 Å². The molecule has 0 atom stereocenters. The molecule has 0 bridgehead atoms. The highest BCUT2D eigenvalue weighted by molar-refractivity contribution is 4.80. The lowest BCUT2D eigenvalue weighted by atomic mass is 10.2. The largest absolute Gasteiger partial charge is 0.381 e. The van der Waals surface area contributed by atoms with Gasteiger partial charge < -0.3 is 10.1 Å². The van der Waals surface area contributed by atoms with E-state index in [9.17, 15) is 0 Å². The lowest BCUT2D eigenvalue weighted by Gasteiger charge is -2.04. The average molecular weight is 211 g/mol. The highest BCUT2D eigenvalue weighted by Crippen LogP contribution is 2.32. The quantitative estimate of drug-likeness (QED) is 0.561. The van der Waals surface area contributed by atoms with Gasteiger partial charge in [0, 0.05) is 19.3 Å². The molecule has 0 aromatic rings. The van der Waals surface area contributed by atoms with E-state index >= 15 is 0 Å². The van der Waals surface area contributed by atoms with Gasteiger partial charge in [0.25, 0.3) is 0 Å². The molecule has 2 rings (SSSR count). The molecule has 0 amide bonds. The van der Waals surface area contributed by atoms with E-state index in [0.29, 0.717) is 0 Å². The lowest BCUT2D eigenvalue weighted by Crippen LogP contribution is -2.17. The van der Waals surface area contributed by atoms with Crippen LogP contribution in [0.3, 0.4) is 0 Å². The van der Waals surface area contributed by atoms with E-state index in [1.165, 1.54) is 57.9 Å². The van der Waals surface area contributed by atoms with Crippen molar-refractivity contribution in [1.82, 2.24) is 5.32 Å². The fourth-order valence-corrected chi connectivity index (χ4v) is 1.86. The molecule has 0 unspecified atom stereocenters. The van der Waals surface area contributed by atoms with E-state index in [0.717, 1.165) is 25.2 Å². The Labute approximate surface area is 93.8 Å². The summed E-state index contributed by atoms with van der Waals surface area (Å²) in [6.07, 6.45) is 10.9. The molecule has 1 N–H and O–H groups in total. The molecule has 2 nitrogen and oxygen atoms in total. The van der Waals surface area contributed by atoms with Crippen LogP contribution in [0, 0.1) is 5.92 Å². The third-order valence-electron chi connectivity index (χ3n) is 3.34. The maximum atomic E-state index is 5.60. The summed E-state index contributed by atoms with van der Waals surface area (Å²) in [5.74, 6) is 1.02. The van der Waals surface area contributed by atoms with Crippen molar-refractivity contribution in [3.8, 4) is 0 Å². The minimum Gasteiger partial charge on any atom is -0.381 e. The Kier molecular flexibility index (Phi) is 4.94. The van der Waals surface area contributed by atoms with Crippen molar-refractivity contribution in [1.29, 1.82) is 0 Å². The summed E-state index contributed by atoms with van der Waals surface area (Å²) in [5, 5.41) is 3.54. The number of hydrogen-bond acceptors (Lipinski definition) is 2. The van der Waals surface area contributed by atoms with Crippen LogP contribution in [0.25, 0.3) is 0 Å². The second-order valence-corrected chi connectivity index (χ2v) is 5.13. The molecule has 0 aromatic carbocycles. The number of nitrogens with one attached hydrogen (secondary N) is 1. The first-order valence-electron chi connectivity index (χ1n) is 6.76. The summed E-state index contributed by atoms with van der Waals surface area (Å²) >= 11 is 0. The van der Waals surface area contributed by atoms with Crippen molar-refractivity contribution in [2.24, 2.45) is 5.92 Å². The van der Waals surface area contributed by atoms with Crippen molar-refractivity contribution >= 4 is 0 Å². The van der Waals surface area contributed by atoms with Gasteiger partial charge in [-0.05, 0) is 51.0 Å². The smallest absolute Gasteiger partial charge is 0.0468 e. The molecule has 2 heteroatoms. The summed E-state index contributed by atoms with van der Waals surface area (Å²) in [5.41, 5.74) is 0. The molecular formula is C13H25NO. The predicted octanol–water partition coefficient (Wildman–Crippen LogP) is 2.73. The lowest BCUT2D eigenvalue weighted by molar-refractivity contribution is 0.124. The zero-order chi connectivity index (χ0) is 10.3. The van der Waals surface area contributed by atoms with Gasteiger partial charge in [0.2, 0.25) is 0 Å². The van der Waals surface area contributed by atoms with Gasteiger partial charge in [0.1, 0.15) is 0 Å². The van der Waals surface area contributed by atoms with Gasteiger partial charge in [0.05, 0.1) is 0 Å². The van der Waals surface area contributed by atoms with E-state index in [-0.39, 0.29) is 0 Å². The van der Waals surface area contributed by atoms with Crippen LogP contribution in [0.4, 0.5) is 0 Å². The molecule has 2 aliphatic carbocycles. The van der Waals surface area contributed by atoms with Crippen molar-refractivity contribution in [3.63, 3.8) is 0 Å². The summed E-state index contributed by atoms with van der Waals surface area (Å²) in [6.45, 7) is 3.20. The van der Waals surface area contributed by atoms with Crippen LogP contribution in [0.1, 0.15) is 51.4 Å². The molecule has 0 spiro atoms. The third kappa shape index (κ3) is 6.16. The maximum absolute atomic E-state index is 5.60. The van der Waals surface area contributed by atoms with Crippen LogP contribution in [0.2, 0.25) is 0 Å². The van der Waals surface area contributed by atoms with Crippen molar-refractivity contribution in [2.75, 3.05) is 19.8 Å². The summed E-state index contributed by atoms with van der Waals surface area (Å²) in [7, 11) is 0. The standard InChI is InChI=1S/C13H25NO/c1(2-9-14-13-6-7-13)3-10-15-11-8-12-4-5-12/h12-14H,1-11H2. The van der Waals surface area contributed by atoms with Gasteiger partial charge in [-0.25, -0.2) is 0 Å². The van der Waals surface area contributed by atoms with Gasteiger partial charge in [-0.15, -0.1) is 0 Å². The minimum absolute atomic E-state index is 0.875. The van der Waals surface area contributed by atoms with Crippen LogP contribution in [-0.2, 0) is 4.74 Å². The Balaban J connectivity index is 1.23. The number of ether oxygens (including phenoxy) is 1. The second-order valence-electron chi connectivity index (χ2n) is 5.13. The third-order valence-corrected chi connectivity index (χ3v) is 3.34. The molecule has 2 fully saturated rings. The SMILES string of the molecule is C(CCNC1CC1)CCOCCC1CC1. The van der Waals surface area contributed by atoms with Crippen LogP contribution >= 0.6 is 0 Å². The number of hydrogen-bond donors (Lipinski definition) is 1. The molecule has 0 radical (unpaired) electrons. The summed E-state index contributed by atoms with van der Waals surface area (Å²) < 4.78 is 5.60. The van der Waals surface area contributed by atoms with Gasteiger partial charge in [-0.2, -0.15) is 0 Å². The molecular weight excluding hydrogens is 186 g/mol. The van der Waals surface area contributed by atoms with E-state index in [4.69, 9.17) is 4.74 Å². The van der Waals surface area contributed by atoms with E-state index in [1.807, 2.05) is 0 Å². The number of unbranched alkanes of at least 4 members (excludes halogenated alkanes) is 2. The van der Waals surface area contributed by atoms with Crippen molar-refractivity contribution in [2.45, 2.75) is 57.4 Å². The fourth-order valence-electron chi connectivity index (χ4n) is 1.86. The van der Waals surface area contributed by atoms with Crippen LogP contribution in [0.15, 0.2) is 0 Å². The topological polar surface area (TPSA) is 21.3 Å². The van der Waals surface area contributed by atoms with Gasteiger partial charge in [0.15, 0.2) is 0 Å². The van der Waals surface area contributed by atoms with E-state index in [1.54, 1.807) is 0 Å². The molecule has 0 saturated heterocycles. The molecule has 88 valence electrons. The summed E-state index contributed by atoms with van der Waals surface area (Å²) in [4.78, 5) is 0. The van der Waals surface area contributed by atoms with E-state index < -0.39 is 0 Å². The second kappa shape index (κ2) is 6.49. The minimum atomic E-state index is 0.875. The monoisotopic (exact) mass is 211 g/mol. The summed E-state index contributed by atoms with van der Waals surface area (Å²) in [6, 6.07) is 0.875. The van der Waals surface area contributed by atoms with Gasteiger partial charge in [-0.1, -0.05) is 12.8 Å². The maximum Gasteiger partial charge on any atom is 0.0468 e. The Bertz CT molecular complexity index is 146. The highest BCUT2D eigenvalue weighted by atomic mass is 16.5. The Morgan fingerprint density at radius 2 is 1.80 bits per heavy atom. The molecule has 0 aliphatic heterocycles. The first-order chi connectivity index (χ1) is 7.45. The Morgan fingerprint density at radius 3 is 2.53 bits per heavy atom. The van der Waals surface area contributed by atoms with Gasteiger partial charge >= 0.3 is 0 Å². The Hall–Kier alpha value is -0.0800. The first-order valence-corrected chi connectivity index (χ1v) is 6.76. The highest BCUT2D eigenvalue weighted by Gasteiger charge is 2.20. The van der Waals surface area contributed by atoms with Crippen molar-refractivity contribution in [3.05, 3.63) is 0 Å². The zero-order valence-corrected chi connectivity index (χ0v) is 9.84. The van der Waals surface area contributed by atoms with Crippen molar-refractivity contribution < 1.29 is 4.74 Å². The van der Waals surface area contributed by atoms with Crippen LogP contribution in [-0.4, -0.2) is 25.8 Å². The van der Waals surface area contributed by atoms with Gasteiger partial charge in [-0.3, -0.25) is 0 Å². The molecule has 0 heterocycles. The Morgan fingerprint density at radius 1 is 0.933 bits per heavy atom. The predicted molar refractivity (Wildman–Crippen MR) is 63.0 cm³/mol. The fraction of sp³-hybridized carbons (Fsp3) is 1.00. The first kappa shape index (κ1) is 11.4. The normalized spacial score (nSPS) is 20.8.